The number of rotatable bonds is 8. The zero-order valence-corrected chi connectivity index (χ0v) is 20.6. The minimum absolute atomic E-state index is 0.0354. The maximum atomic E-state index is 13.4. The van der Waals surface area contributed by atoms with Crippen LogP contribution in [0.15, 0.2) is 40.8 Å². The van der Waals surface area contributed by atoms with Crippen LogP contribution < -0.4 is 5.56 Å². The van der Waals surface area contributed by atoms with Gasteiger partial charge >= 0.3 is 0 Å². The average Bonchev–Trinajstić information content (AvgIpc) is 3.34. The van der Waals surface area contributed by atoms with Crippen molar-refractivity contribution >= 4 is 27.3 Å². The topological polar surface area (TPSA) is 66.1 Å². The smallest absolute Gasteiger partial charge is 0.263 e. The summed E-state index contributed by atoms with van der Waals surface area (Å²) in [6.45, 7) is 9.51. The molecule has 6 nitrogen and oxygen atoms in total. The number of hydrogen-bond acceptors (Lipinski definition) is 5. The molecule has 0 aliphatic rings. The van der Waals surface area contributed by atoms with Crippen LogP contribution in [0.3, 0.4) is 0 Å². The van der Waals surface area contributed by atoms with Crippen molar-refractivity contribution in [1.82, 2.24) is 14.1 Å². The number of carbonyl (C=O) groups excluding carboxylic acids is 1. The molecule has 4 aromatic rings. The normalized spacial score (nSPS) is 11.4. The largest absolute Gasteiger partial charge is 0.385 e. The quantitative estimate of drug-likeness (QED) is 0.270. The highest BCUT2D eigenvalue weighted by Crippen LogP contribution is 2.31. The summed E-state index contributed by atoms with van der Waals surface area (Å²) in [5, 5.41) is 2.55. The van der Waals surface area contributed by atoms with E-state index in [0.717, 1.165) is 35.5 Å². The van der Waals surface area contributed by atoms with Gasteiger partial charge < -0.3 is 9.30 Å². The maximum absolute atomic E-state index is 13.4. The van der Waals surface area contributed by atoms with Crippen molar-refractivity contribution in [3.05, 3.63) is 74.4 Å². The van der Waals surface area contributed by atoms with Crippen LogP contribution in [-0.4, -0.2) is 33.6 Å². The lowest BCUT2D eigenvalue weighted by Crippen LogP contribution is -2.24. The molecule has 0 amide bonds. The maximum Gasteiger partial charge on any atom is 0.263 e. The van der Waals surface area contributed by atoms with Crippen LogP contribution in [-0.2, 0) is 17.8 Å². The molecule has 0 radical (unpaired) electrons. The number of thiophene rings is 1. The van der Waals surface area contributed by atoms with Crippen LogP contribution in [0.5, 0.6) is 0 Å². The number of nitrogens with zero attached hydrogens (tertiary/aromatic N) is 3. The first-order valence-corrected chi connectivity index (χ1v) is 11.9. The highest BCUT2D eigenvalue weighted by Gasteiger charge is 2.19. The van der Waals surface area contributed by atoms with Crippen molar-refractivity contribution < 1.29 is 9.53 Å². The van der Waals surface area contributed by atoms with E-state index in [1.54, 1.807) is 7.11 Å². The molecule has 0 bridgehead atoms. The Kier molecular flexibility index (Phi) is 6.63. The highest BCUT2D eigenvalue weighted by atomic mass is 32.1. The van der Waals surface area contributed by atoms with Crippen LogP contribution >= 0.6 is 11.3 Å². The Morgan fingerprint density at radius 2 is 1.91 bits per heavy atom. The van der Waals surface area contributed by atoms with Gasteiger partial charge in [0.25, 0.3) is 5.56 Å². The summed E-state index contributed by atoms with van der Waals surface area (Å²) < 4.78 is 8.71. The van der Waals surface area contributed by atoms with Crippen LogP contribution in [0, 0.1) is 27.7 Å². The molecule has 0 saturated carbocycles. The lowest BCUT2D eigenvalue weighted by Gasteiger charge is -2.10. The van der Waals surface area contributed by atoms with Crippen molar-refractivity contribution in [3.8, 4) is 11.1 Å². The van der Waals surface area contributed by atoms with Gasteiger partial charge in [0.15, 0.2) is 5.78 Å². The van der Waals surface area contributed by atoms with E-state index in [1.165, 1.54) is 33.4 Å². The van der Waals surface area contributed by atoms with Crippen molar-refractivity contribution in [2.75, 3.05) is 13.7 Å². The molecule has 0 aliphatic carbocycles. The molecule has 3 aromatic heterocycles. The van der Waals surface area contributed by atoms with Gasteiger partial charge in [0.1, 0.15) is 4.83 Å². The number of Topliss-reactive ketones (excluding diaryl/α,β-unsaturated/α-hetero) is 1. The predicted octanol–water partition coefficient (Wildman–Crippen LogP) is 5.08. The summed E-state index contributed by atoms with van der Waals surface area (Å²) in [6, 6.07) is 8.10. The molecular weight excluding hydrogens is 434 g/mol. The third-order valence-electron chi connectivity index (χ3n) is 6.30. The van der Waals surface area contributed by atoms with Gasteiger partial charge in [-0.05, 0) is 56.9 Å². The first kappa shape index (κ1) is 23.1. The Bertz CT molecular complexity index is 1390. The van der Waals surface area contributed by atoms with Crippen LogP contribution in [0.2, 0.25) is 0 Å². The third-order valence-corrected chi connectivity index (χ3v) is 7.18. The minimum atomic E-state index is -0.184. The van der Waals surface area contributed by atoms with Gasteiger partial charge in [-0.25, -0.2) is 4.98 Å². The lowest BCUT2D eigenvalue weighted by molar-refractivity contribution is 0.0970. The molecule has 172 valence electrons. The summed E-state index contributed by atoms with van der Waals surface area (Å²) in [5.74, 6) is -0.0905. The number of hydrogen-bond donors (Lipinski definition) is 0. The second kappa shape index (κ2) is 9.45. The van der Waals surface area contributed by atoms with Gasteiger partial charge in [-0.3, -0.25) is 14.2 Å². The molecule has 33 heavy (non-hydrogen) atoms. The number of ketones is 1. The van der Waals surface area contributed by atoms with Gasteiger partial charge in [-0.2, -0.15) is 0 Å². The fourth-order valence-electron chi connectivity index (χ4n) is 4.24. The predicted molar refractivity (Wildman–Crippen MR) is 134 cm³/mol. The Morgan fingerprint density at radius 3 is 2.64 bits per heavy atom. The molecule has 0 atom stereocenters. The number of aromatic nitrogens is 3. The zero-order valence-electron chi connectivity index (χ0n) is 19.8. The molecular formula is C26H29N3O3S. The Labute approximate surface area is 197 Å². The lowest BCUT2D eigenvalue weighted by atomic mass is 10.0. The van der Waals surface area contributed by atoms with Crippen molar-refractivity contribution in [3.63, 3.8) is 0 Å². The number of methoxy groups -OCH3 is 1. The van der Waals surface area contributed by atoms with Crippen LogP contribution in [0.25, 0.3) is 21.3 Å². The fraction of sp³-hybridized carbons (Fsp3) is 0.346. The first-order valence-electron chi connectivity index (χ1n) is 11.0. The highest BCUT2D eigenvalue weighted by molar-refractivity contribution is 7.17. The van der Waals surface area contributed by atoms with Crippen molar-refractivity contribution in [1.29, 1.82) is 0 Å². The molecule has 1 aromatic carbocycles. The van der Waals surface area contributed by atoms with E-state index in [9.17, 15) is 9.59 Å². The number of carbonyl (C=O) groups is 1. The van der Waals surface area contributed by atoms with Crippen LogP contribution in [0.1, 0.15) is 39.3 Å². The van der Waals surface area contributed by atoms with E-state index >= 15 is 0 Å². The minimum Gasteiger partial charge on any atom is -0.385 e. The van der Waals surface area contributed by atoms with E-state index in [0.29, 0.717) is 22.4 Å². The first-order chi connectivity index (χ1) is 15.8. The zero-order chi connectivity index (χ0) is 23.7. The van der Waals surface area contributed by atoms with Crippen molar-refractivity contribution in [2.24, 2.45) is 0 Å². The monoisotopic (exact) mass is 463 g/mol. The van der Waals surface area contributed by atoms with Gasteiger partial charge in [-0.1, -0.05) is 18.2 Å². The van der Waals surface area contributed by atoms with Gasteiger partial charge in [0.05, 0.1) is 18.3 Å². The van der Waals surface area contributed by atoms with E-state index in [-0.39, 0.29) is 17.9 Å². The van der Waals surface area contributed by atoms with Gasteiger partial charge in [-0.15, -0.1) is 11.3 Å². The summed E-state index contributed by atoms with van der Waals surface area (Å²) in [7, 11) is 1.69. The molecule has 0 aliphatic heterocycles. The van der Waals surface area contributed by atoms with Crippen molar-refractivity contribution in [2.45, 2.75) is 47.2 Å². The van der Waals surface area contributed by atoms with Gasteiger partial charge in [0.2, 0.25) is 0 Å². The van der Waals surface area contributed by atoms with E-state index in [1.807, 2.05) is 31.4 Å². The summed E-state index contributed by atoms with van der Waals surface area (Å²) in [4.78, 5) is 31.7. The Morgan fingerprint density at radius 1 is 1.12 bits per heavy atom. The molecule has 3 heterocycles. The summed E-state index contributed by atoms with van der Waals surface area (Å²) >= 11 is 1.45. The second-order valence-electron chi connectivity index (χ2n) is 8.51. The Balaban J connectivity index is 1.67. The SMILES string of the molecule is COCCCn1c(C)cc(C(=O)Cn2cnc3scc(-c4ccc(C)c(C)c4)c3c2=O)c1C. The number of ether oxygens (including phenoxy) is 1. The molecule has 7 heteroatoms. The fourth-order valence-corrected chi connectivity index (χ4v) is 5.14. The number of fused-ring (bicyclic) bond motifs is 1. The molecule has 4 rings (SSSR count). The van der Waals surface area contributed by atoms with E-state index < -0.39 is 0 Å². The van der Waals surface area contributed by atoms with Gasteiger partial charge in [0, 0.05) is 48.2 Å². The molecule has 0 saturated heterocycles. The molecule has 0 spiro atoms. The second-order valence-corrected chi connectivity index (χ2v) is 9.37. The summed E-state index contributed by atoms with van der Waals surface area (Å²) in [6.07, 6.45) is 2.36. The van der Waals surface area contributed by atoms with E-state index in [2.05, 4.69) is 35.5 Å². The Hall–Kier alpha value is -3.03. The third kappa shape index (κ3) is 4.43. The number of benzene rings is 1. The molecule has 0 fully saturated rings. The van der Waals surface area contributed by atoms with Crippen LogP contribution in [0.4, 0.5) is 0 Å². The summed E-state index contributed by atoms with van der Waals surface area (Å²) in [5.41, 5.74) is 6.66. The number of aryl methyl sites for hydroxylation is 3. The molecule has 0 N–H and O–H groups in total. The van der Waals surface area contributed by atoms with E-state index in [4.69, 9.17) is 4.74 Å². The standard InChI is InChI=1S/C26H29N3O3S/c1-16-7-8-20(11-17(16)2)22-14-33-25-24(22)26(31)28(15-27-25)13-23(30)21-12-18(3)29(19(21)4)9-6-10-32-5/h7-8,11-12,14-15H,6,9-10,13H2,1-5H3. The molecule has 0 unspecified atom stereocenters. The average molecular weight is 464 g/mol.